The van der Waals surface area contributed by atoms with Crippen LogP contribution in [-0.2, 0) is 5.60 Å². The van der Waals surface area contributed by atoms with E-state index in [9.17, 15) is 5.11 Å². The molecule has 0 fully saturated rings. The summed E-state index contributed by atoms with van der Waals surface area (Å²) >= 11 is 0. The maximum atomic E-state index is 9.79. The minimum Gasteiger partial charge on any atom is -0.382 e. The van der Waals surface area contributed by atoms with E-state index in [0.717, 1.165) is 11.4 Å². The number of nitrogens with zero attached hydrogens (tertiary/aromatic N) is 2. The van der Waals surface area contributed by atoms with E-state index in [2.05, 4.69) is 23.8 Å². The van der Waals surface area contributed by atoms with Crippen molar-refractivity contribution in [3.8, 4) is 0 Å². The predicted octanol–water partition coefficient (Wildman–Crippen LogP) is 2.14. The Morgan fingerprint density at radius 3 is 2.29 bits per heavy atom. The first-order valence-electron chi connectivity index (χ1n) is 4.89. The summed E-state index contributed by atoms with van der Waals surface area (Å²) in [6, 6.07) is 1.96. The molecule has 1 N–H and O–H groups in total. The Bertz CT molecular complexity index is 327. The second kappa shape index (κ2) is 3.65. The molecule has 0 radical (unpaired) electrons. The number of rotatable bonds is 2. The molecule has 78 valence electrons. The second-order valence-electron chi connectivity index (χ2n) is 4.47. The van der Waals surface area contributed by atoms with Gasteiger partial charge in [0, 0.05) is 11.4 Å². The molecule has 1 heterocycles. The third-order valence-electron chi connectivity index (χ3n) is 2.01. The van der Waals surface area contributed by atoms with E-state index in [4.69, 9.17) is 0 Å². The van der Waals surface area contributed by atoms with Gasteiger partial charge < -0.3 is 5.11 Å². The van der Waals surface area contributed by atoms with Crippen LogP contribution in [0, 0.1) is 6.92 Å². The Morgan fingerprint density at radius 1 is 1.29 bits per heavy atom. The van der Waals surface area contributed by atoms with Gasteiger partial charge in [0.25, 0.3) is 0 Å². The van der Waals surface area contributed by atoms with Crippen molar-refractivity contribution in [2.24, 2.45) is 0 Å². The van der Waals surface area contributed by atoms with E-state index in [1.807, 2.05) is 13.0 Å². The Morgan fingerprint density at radius 2 is 1.86 bits per heavy atom. The van der Waals surface area contributed by atoms with Crippen LogP contribution >= 0.6 is 0 Å². The molecular formula is C11H18N2O. The largest absolute Gasteiger partial charge is 0.382 e. The zero-order valence-corrected chi connectivity index (χ0v) is 9.50. The van der Waals surface area contributed by atoms with E-state index in [1.54, 1.807) is 13.8 Å². The molecule has 0 saturated carbocycles. The molecule has 0 atom stereocenters. The lowest BCUT2D eigenvalue weighted by Crippen LogP contribution is -2.21. The van der Waals surface area contributed by atoms with Gasteiger partial charge in [-0.1, -0.05) is 13.8 Å². The summed E-state index contributed by atoms with van der Waals surface area (Å²) in [5.74, 6) is 0.860. The molecule has 3 nitrogen and oxygen atoms in total. The van der Waals surface area contributed by atoms with Gasteiger partial charge in [0.1, 0.15) is 5.60 Å². The molecule has 0 aliphatic heterocycles. The highest BCUT2D eigenvalue weighted by Crippen LogP contribution is 2.19. The molecule has 0 spiro atoms. The maximum absolute atomic E-state index is 9.79. The lowest BCUT2D eigenvalue weighted by molar-refractivity contribution is 0.0682. The van der Waals surface area contributed by atoms with Gasteiger partial charge >= 0.3 is 0 Å². The van der Waals surface area contributed by atoms with Crippen LogP contribution in [0.1, 0.15) is 50.8 Å². The summed E-state index contributed by atoms with van der Waals surface area (Å²) in [5, 5.41) is 9.79. The Labute approximate surface area is 85.2 Å². The first-order chi connectivity index (χ1) is 6.30. The van der Waals surface area contributed by atoms with Crippen molar-refractivity contribution in [3.05, 3.63) is 23.3 Å². The zero-order valence-electron chi connectivity index (χ0n) is 9.50. The normalized spacial score (nSPS) is 12.2. The maximum Gasteiger partial charge on any atom is 0.159 e. The van der Waals surface area contributed by atoms with E-state index >= 15 is 0 Å². The van der Waals surface area contributed by atoms with Crippen molar-refractivity contribution in [2.45, 2.75) is 46.1 Å². The molecule has 0 aromatic carbocycles. The Balaban J connectivity index is 3.21. The first-order valence-corrected chi connectivity index (χ1v) is 4.89. The molecule has 3 heteroatoms. The van der Waals surface area contributed by atoms with Crippen LogP contribution in [-0.4, -0.2) is 15.1 Å². The van der Waals surface area contributed by atoms with Crippen molar-refractivity contribution < 1.29 is 5.11 Å². The van der Waals surface area contributed by atoms with Gasteiger partial charge in [-0.3, -0.25) is 0 Å². The van der Waals surface area contributed by atoms with E-state index in [1.165, 1.54) is 0 Å². The molecule has 0 bridgehead atoms. The molecule has 14 heavy (non-hydrogen) atoms. The van der Waals surface area contributed by atoms with Gasteiger partial charge in [-0.25, -0.2) is 9.97 Å². The predicted molar refractivity (Wildman–Crippen MR) is 56.1 cm³/mol. The molecule has 0 amide bonds. The standard InChI is InChI=1S/C11H18N2O/c1-7(2)9-6-8(3)12-10(13-9)11(4,5)14/h6-7,14H,1-5H3. The molecule has 0 aliphatic carbocycles. The molecule has 1 aromatic heterocycles. The topological polar surface area (TPSA) is 46.0 Å². The van der Waals surface area contributed by atoms with Gasteiger partial charge in [0.2, 0.25) is 0 Å². The summed E-state index contributed by atoms with van der Waals surface area (Å²) in [4.78, 5) is 8.57. The summed E-state index contributed by atoms with van der Waals surface area (Å²) < 4.78 is 0. The minimum atomic E-state index is -0.963. The van der Waals surface area contributed by atoms with Gasteiger partial charge in [0.05, 0.1) is 0 Å². The molecule has 0 unspecified atom stereocenters. The number of hydrogen-bond donors (Lipinski definition) is 1. The second-order valence-corrected chi connectivity index (χ2v) is 4.47. The smallest absolute Gasteiger partial charge is 0.159 e. The van der Waals surface area contributed by atoms with E-state index < -0.39 is 5.60 Å². The van der Waals surface area contributed by atoms with Crippen LogP contribution in [0.4, 0.5) is 0 Å². The van der Waals surface area contributed by atoms with Crippen LogP contribution in [0.15, 0.2) is 6.07 Å². The van der Waals surface area contributed by atoms with Crippen molar-refractivity contribution in [3.63, 3.8) is 0 Å². The van der Waals surface area contributed by atoms with E-state index in [-0.39, 0.29) is 0 Å². The molecule has 0 aliphatic rings. The van der Waals surface area contributed by atoms with Gasteiger partial charge in [-0.05, 0) is 32.8 Å². The molecule has 1 aromatic rings. The summed E-state index contributed by atoms with van der Waals surface area (Å²) in [6.07, 6.45) is 0. The fourth-order valence-corrected chi connectivity index (χ4v) is 1.16. The average molecular weight is 194 g/mol. The van der Waals surface area contributed by atoms with Crippen molar-refractivity contribution >= 4 is 0 Å². The summed E-state index contributed by atoms with van der Waals surface area (Å²) in [5.41, 5.74) is 0.922. The fraction of sp³-hybridized carbons (Fsp3) is 0.636. The monoisotopic (exact) mass is 194 g/mol. The number of hydrogen-bond acceptors (Lipinski definition) is 3. The highest BCUT2D eigenvalue weighted by Gasteiger charge is 2.20. The van der Waals surface area contributed by atoms with Crippen LogP contribution in [0.25, 0.3) is 0 Å². The van der Waals surface area contributed by atoms with Crippen molar-refractivity contribution in [1.29, 1.82) is 0 Å². The van der Waals surface area contributed by atoms with Crippen molar-refractivity contribution in [2.75, 3.05) is 0 Å². The van der Waals surface area contributed by atoms with Crippen LogP contribution in [0.5, 0.6) is 0 Å². The zero-order chi connectivity index (χ0) is 10.9. The molecule has 0 saturated heterocycles. The van der Waals surface area contributed by atoms with Crippen LogP contribution in [0.3, 0.4) is 0 Å². The van der Waals surface area contributed by atoms with Crippen LogP contribution < -0.4 is 0 Å². The van der Waals surface area contributed by atoms with Crippen LogP contribution in [0.2, 0.25) is 0 Å². The minimum absolute atomic E-state index is 0.359. The number of aliphatic hydroxyl groups is 1. The highest BCUT2D eigenvalue weighted by molar-refractivity contribution is 5.15. The summed E-state index contributed by atoms with van der Waals surface area (Å²) in [7, 11) is 0. The quantitative estimate of drug-likeness (QED) is 0.784. The Kier molecular flexibility index (Phi) is 2.90. The SMILES string of the molecule is Cc1cc(C(C)C)nc(C(C)(C)O)n1. The van der Waals surface area contributed by atoms with Gasteiger partial charge in [-0.15, -0.1) is 0 Å². The van der Waals surface area contributed by atoms with Crippen molar-refractivity contribution in [1.82, 2.24) is 9.97 Å². The third kappa shape index (κ3) is 2.51. The van der Waals surface area contributed by atoms with E-state index in [0.29, 0.717) is 11.7 Å². The number of aromatic nitrogens is 2. The average Bonchev–Trinajstić information content (AvgIpc) is 2.01. The lowest BCUT2D eigenvalue weighted by Gasteiger charge is -2.17. The van der Waals surface area contributed by atoms with Gasteiger partial charge in [-0.2, -0.15) is 0 Å². The molecule has 1 rings (SSSR count). The Hall–Kier alpha value is -0.960. The molecular weight excluding hydrogens is 176 g/mol. The highest BCUT2D eigenvalue weighted by atomic mass is 16.3. The number of aryl methyl sites for hydroxylation is 1. The summed E-state index contributed by atoms with van der Waals surface area (Å²) in [6.45, 7) is 9.48. The van der Waals surface area contributed by atoms with Gasteiger partial charge in [0.15, 0.2) is 5.82 Å². The third-order valence-corrected chi connectivity index (χ3v) is 2.01. The first kappa shape index (κ1) is 11.1. The lowest BCUT2D eigenvalue weighted by atomic mass is 10.1. The fourth-order valence-electron chi connectivity index (χ4n) is 1.16.